The molecule has 13 heavy (non-hydrogen) atoms. The van der Waals surface area contributed by atoms with Crippen molar-refractivity contribution in [3.8, 4) is 0 Å². The molecule has 1 aromatic heterocycles. The zero-order chi connectivity index (χ0) is 9.52. The average molecular weight is 220 g/mol. The molecule has 2 nitrogen and oxygen atoms in total. The third kappa shape index (κ3) is 4.62. The van der Waals surface area contributed by atoms with E-state index < -0.39 is 0 Å². The zero-order valence-corrected chi connectivity index (χ0v) is 9.25. The number of rotatable bonds is 6. The Labute approximate surface area is 87.9 Å². The van der Waals surface area contributed by atoms with Crippen LogP contribution in [0.2, 0.25) is 4.34 Å². The summed E-state index contributed by atoms with van der Waals surface area (Å²) in [6, 6.07) is 3.98. The first-order chi connectivity index (χ1) is 6.33. The van der Waals surface area contributed by atoms with Crippen molar-refractivity contribution in [3.05, 3.63) is 21.3 Å². The van der Waals surface area contributed by atoms with Crippen molar-refractivity contribution >= 4 is 22.9 Å². The summed E-state index contributed by atoms with van der Waals surface area (Å²) in [4.78, 5) is 1.28. The normalized spacial score (nSPS) is 10.6. The molecule has 0 spiro atoms. The van der Waals surface area contributed by atoms with Crippen LogP contribution in [0.3, 0.4) is 0 Å². The van der Waals surface area contributed by atoms with E-state index >= 15 is 0 Å². The predicted octanol–water partition coefficient (Wildman–Crippen LogP) is 2.53. The van der Waals surface area contributed by atoms with Crippen molar-refractivity contribution in [2.75, 3.05) is 20.3 Å². The molecule has 1 aromatic rings. The quantitative estimate of drug-likeness (QED) is 0.743. The van der Waals surface area contributed by atoms with Crippen LogP contribution in [0.1, 0.15) is 11.3 Å². The first-order valence-corrected chi connectivity index (χ1v) is 5.46. The van der Waals surface area contributed by atoms with E-state index in [9.17, 15) is 0 Å². The van der Waals surface area contributed by atoms with Crippen molar-refractivity contribution in [2.24, 2.45) is 0 Å². The summed E-state index contributed by atoms with van der Waals surface area (Å²) in [5.74, 6) is 0. The second-order valence-electron chi connectivity index (χ2n) is 2.73. The summed E-state index contributed by atoms with van der Waals surface area (Å²) in [6.45, 7) is 2.71. The molecule has 0 aliphatic rings. The lowest BCUT2D eigenvalue weighted by Gasteiger charge is -2.01. The van der Waals surface area contributed by atoms with Crippen LogP contribution < -0.4 is 5.32 Å². The molecule has 74 valence electrons. The topological polar surface area (TPSA) is 21.3 Å². The molecule has 1 heterocycles. The summed E-state index contributed by atoms with van der Waals surface area (Å²) in [6.07, 6.45) is 1.05. The van der Waals surface area contributed by atoms with E-state index in [4.69, 9.17) is 16.3 Å². The number of hydrogen-bond acceptors (Lipinski definition) is 3. The third-order valence-electron chi connectivity index (χ3n) is 1.63. The average Bonchev–Trinajstić information content (AvgIpc) is 2.51. The molecule has 0 amide bonds. The van der Waals surface area contributed by atoms with E-state index in [0.717, 1.165) is 30.5 Å². The van der Waals surface area contributed by atoms with Gasteiger partial charge in [-0.2, -0.15) is 0 Å². The third-order valence-corrected chi connectivity index (χ3v) is 2.86. The Hall–Kier alpha value is -0.0900. The maximum atomic E-state index is 5.79. The molecule has 0 unspecified atom stereocenters. The van der Waals surface area contributed by atoms with Crippen LogP contribution in [0.5, 0.6) is 0 Å². The molecule has 0 aliphatic carbocycles. The number of thiophene rings is 1. The standard InChI is InChI=1S/C9H14ClNOS/c1-12-6-2-5-11-7-8-3-4-9(10)13-8/h3-4,11H,2,5-7H2,1H3. The van der Waals surface area contributed by atoms with E-state index in [1.807, 2.05) is 6.07 Å². The molecule has 1 N–H and O–H groups in total. The summed E-state index contributed by atoms with van der Waals surface area (Å²) in [5.41, 5.74) is 0. The van der Waals surface area contributed by atoms with Crippen LogP contribution in [0, 0.1) is 0 Å². The lowest BCUT2D eigenvalue weighted by Crippen LogP contribution is -2.15. The largest absolute Gasteiger partial charge is 0.385 e. The lowest BCUT2D eigenvalue weighted by molar-refractivity contribution is 0.194. The first kappa shape index (κ1) is 11.0. The Balaban J connectivity index is 2.06. The van der Waals surface area contributed by atoms with Crippen LogP contribution in [0.4, 0.5) is 0 Å². The van der Waals surface area contributed by atoms with Gasteiger partial charge in [0.2, 0.25) is 0 Å². The highest BCUT2D eigenvalue weighted by molar-refractivity contribution is 7.16. The number of nitrogens with one attached hydrogen (secondary N) is 1. The Kier molecular flexibility index (Phi) is 5.39. The molecule has 0 fully saturated rings. The second kappa shape index (κ2) is 6.38. The highest BCUT2D eigenvalue weighted by Crippen LogP contribution is 2.20. The molecule has 0 saturated heterocycles. The van der Waals surface area contributed by atoms with Crippen LogP contribution in [-0.2, 0) is 11.3 Å². The number of halogens is 1. The van der Waals surface area contributed by atoms with Gasteiger partial charge < -0.3 is 10.1 Å². The minimum absolute atomic E-state index is 0.818. The van der Waals surface area contributed by atoms with Crippen molar-refractivity contribution in [2.45, 2.75) is 13.0 Å². The van der Waals surface area contributed by atoms with Crippen LogP contribution in [0.25, 0.3) is 0 Å². The van der Waals surface area contributed by atoms with Crippen LogP contribution >= 0.6 is 22.9 Å². The first-order valence-electron chi connectivity index (χ1n) is 4.27. The smallest absolute Gasteiger partial charge is 0.0931 e. The van der Waals surface area contributed by atoms with Crippen molar-refractivity contribution in [1.82, 2.24) is 5.32 Å². The molecule has 1 rings (SSSR count). The fourth-order valence-electron chi connectivity index (χ4n) is 1.000. The lowest BCUT2D eigenvalue weighted by atomic mass is 10.4. The molecule has 0 bridgehead atoms. The van der Waals surface area contributed by atoms with Gasteiger partial charge in [0.15, 0.2) is 0 Å². The Morgan fingerprint density at radius 1 is 1.54 bits per heavy atom. The number of methoxy groups -OCH3 is 1. The van der Waals surface area contributed by atoms with Gasteiger partial charge in [0.25, 0.3) is 0 Å². The maximum Gasteiger partial charge on any atom is 0.0931 e. The fraction of sp³-hybridized carbons (Fsp3) is 0.556. The molecular formula is C9H14ClNOS. The van der Waals surface area contributed by atoms with E-state index in [2.05, 4.69) is 11.4 Å². The highest BCUT2D eigenvalue weighted by Gasteiger charge is 1.96. The SMILES string of the molecule is COCCCNCc1ccc(Cl)s1. The summed E-state index contributed by atoms with van der Waals surface area (Å²) in [7, 11) is 1.72. The molecule has 4 heteroatoms. The van der Waals surface area contributed by atoms with Gasteiger partial charge in [-0.15, -0.1) is 11.3 Å². The Morgan fingerprint density at radius 2 is 2.38 bits per heavy atom. The number of hydrogen-bond donors (Lipinski definition) is 1. The van der Waals surface area contributed by atoms with Crippen molar-refractivity contribution < 1.29 is 4.74 Å². The molecule has 0 radical (unpaired) electrons. The van der Waals surface area contributed by atoms with Gasteiger partial charge in [-0.05, 0) is 25.1 Å². The van der Waals surface area contributed by atoms with E-state index in [-0.39, 0.29) is 0 Å². The molecule has 0 aliphatic heterocycles. The fourth-order valence-corrected chi connectivity index (χ4v) is 2.06. The van der Waals surface area contributed by atoms with Gasteiger partial charge in [0.05, 0.1) is 4.34 Å². The van der Waals surface area contributed by atoms with E-state index in [1.54, 1.807) is 18.4 Å². The molecule has 0 saturated carbocycles. The highest BCUT2D eigenvalue weighted by atomic mass is 35.5. The van der Waals surface area contributed by atoms with E-state index in [1.165, 1.54) is 4.88 Å². The van der Waals surface area contributed by atoms with Gasteiger partial charge in [0, 0.05) is 25.1 Å². The van der Waals surface area contributed by atoms with Gasteiger partial charge in [-0.1, -0.05) is 11.6 Å². The predicted molar refractivity (Wildman–Crippen MR) is 57.5 cm³/mol. The van der Waals surface area contributed by atoms with Crippen LogP contribution in [0.15, 0.2) is 12.1 Å². The molecular weight excluding hydrogens is 206 g/mol. The van der Waals surface area contributed by atoms with Gasteiger partial charge in [-0.25, -0.2) is 0 Å². The van der Waals surface area contributed by atoms with Crippen LogP contribution in [-0.4, -0.2) is 20.3 Å². The van der Waals surface area contributed by atoms with Crippen molar-refractivity contribution in [1.29, 1.82) is 0 Å². The van der Waals surface area contributed by atoms with Crippen molar-refractivity contribution in [3.63, 3.8) is 0 Å². The Bertz CT molecular complexity index is 239. The Morgan fingerprint density at radius 3 is 3.00 bits per heavy atom. The molecule has 0 aromatic carbocycles. The second-order valence-corrected chi connectivity index (χ2v) is 4.53. The monoisotopic (exact) mass is 219 g/mol. The minimum Gasteiger partial charge on any atom is -0.385 e. The zero-order valence-electron chi connectivity index (χ0n) is 7.68. The summed E-state index contributed by atoms with van der Waals surface area (Å²) >= 11 is 7.42. The summed E-state index contributed by atoms with van der Waals surface area (Å²) < 4.78 is 5.79. The minimum atomic E-state index is 0.818. The van der Waals surface area contributed by atoms with Gasteiger partial charge in [0.1, 0.15) is 0 Å². The van der Waals surface area contributed by atoms with Gasteiger partial charge >= 0.3 is 0 Å². The molecule has 0 atom stereocenters. The number of ether oxygens (including phenoxy) is 1. The van der Waals surface area contributed by atoms with Gasteiger partial charge in [-0.3, -0.25) is 0 Å². The maximum absolute atomic E-state index is 5.79. The summed E-state index contributed by atoms with van der Waals surface area (Å²) in [5, 5.41) is 3.32. The van der Waals surface area contributed by atoms with E-state index in [0.29, 0.717) is 0 Å².